The number of halogens is 3. The number of Topliss-reactive ketones (excluding diaryl/α,β-unsaturated/α-hetero) is 1. The normalized spacial score (nSPS) is 16.5. The molecule has 36 heavy (non-hydrogen) atoms. The van der Waals surface area contributed by atoms with E-state index >= 15 is 0 Å². The number of rotatable bonds is 12. The van der Waals surface area contributed by atoms with E-state index < -0.39 is 23.1 Å². The second-order valence-electron chi connectivity index (χ2n) is 10.4. The smallest absolute Gasteiger partial charge is 0.251 e. The second kappa shape index (κ2) is 11.2. The van der Waals surface area contributed by atoms with Gasteiger partial charge in [0.1, 0.15) is 5.82 Å². The van der Waals surface area contributed by atoms with Crippen molar-refractivity contribution in [2.45, 2.75) is 70.8 Å². The topological polar surface area (TPSA) is 49.4 Å². The molecule has 0 saturated heterocycles. The Morgan fingerprint density at radius 3 is 2.31 bits per heavy atom. The number of likely N-dealkylation sites (N-methyl/N-ethyl adjacent to an activating group) is 1. The van der Waals surface area contributed by atoms with Crippen LogP contribution in [0, 0.1) is 18.2 Å². The number of nitrogens with one attached hydrogen (secondary N) is 1. The largest absolute Gasteiger partial charge is 0.355 e. The van der Waals surface area contributed by atoms with Gasteiger partial charge in [-0.1, -0.05) is 37.3 Å². The van der Waals surface area contributed by atoms with Crippen molar-refractivity contribution in [2.75, 3.05) is 20.6 Å². The van der Waals surface area contributed by atoms with Gasteiger partial charge in [0.2, 0.25) is 5.91 Å². The van der Waals surface area contributed by atoms with Crippen LogP contribution in [0.2, 0.25) is 0 Å². The third-order valence-electron chi connectivity index (χ3n) is 7.69. The van der Waals surface area contributed by atoms with Crippen molar-refractivity contribution < 1.29 is 22.8 Å². The van der Waals surface area contributed by atoms with E-state index in [4.69, 9.17) is 0 Å². The monoisotopic (exact) mass is 502 g/mol. The van der Waals surface area contributed by atoms with E-state index in [0.717, 1.165) is 23.6 Å². The van der Waals surface area contributed by atoms with Crippen LogP contribution in [0.1, 0.15) is 72.5 Å². The number of alkyl halides is 2. The van der Waals surface area contributed by atoms with Gasteiger partial charge in [-0.25, -0.2) is 13.2 Å². The summed E-state index contributed by atoms with van der Waals surface area (Å²) in [6.45, 7) is 4.79. The lowest BCUT2D eigenvalue weighted by Gasteiger charge is -2.32. The number of aryl methyl sites for hydroxylation is 1. The van der Waals surface area contributed by atoms with Crippen molar-refractivity contribution in [3.63, 3.8) is 0 Å². The number of nitrogens with zero attached hydrogens (tertiary/aromatic N) is 1. The second-order valence-corrected chi connectivity index (χ2v) is 10.4. The summed E-state index contributed by atoms with van der Waals surface area (Å²) in [4.78, 5) is 26.9. The molecule has 1 N–H and O–H groups in total. The summed E-state index contributed by atoms with van der Waals surface area (Å²) in [6, 6.07) is 11.9. The Bertz CT molecular complexity index is 1080. The van der Waals surface area contributed by atoms with Crippen LogP contribution in [0.3, 0.4) is 0 Å². The Morgan fingerprint density at radius 2 is 1.78 bits per heavy atom. The highest BCUT2D eigenvalue weighted by atomic mass is 19.3. The van der Waals surface area contributed by atoms with Crippen molar-refractivity contribution >= 4 is 11.7 Å². The Labute approximate surface area is 212 Å². The summed E-state index contributed by atoms with van der Waals surface area (Å²) in [5, 5.41) is 2.94. The molecule has 1 aliphatic rings. The summed E-state index contributed by atoms with van der Waals surface area (Å²) < 4.78 is 43.8. The zero-order valence-electron chi connectivity index (χ0n) is 21.8. The van der Waals surface area contributed by atoms with Crippen molar-refractivity contribution in [3.05, 3.63) is 70.5 Å². The summed E-state index contributed by atoms with van der Waals surface area (Å²) in [5.74, 6) is -4.51. The zero-order valence-corrected chi connectivity index (χ0v) is 21.8. The molecule has 1 aliphatic carbocycles. The lowest BCUT2D eigenvalue weighted by molar-refractivity contribution is -0.123. The Hall–Kier alpha value is -2.67. The predicted octanol–water partition coefficient (Wildman–Crippen LogP) is 5.93. The number of carbonyl (C=O) groups excluding carboxylic acids is 2. The van der Waals surface area contributed by atoms with Crippen LogP contribution in [0.15, 0.2) is 42.5 Å². The molecule has 0 aromatic heterocycles. The van der Waals surface area contributed by atoms with Gasteiger partial charge in [0.15, 0.2) is 5.78 Å². The van der Waals surface area contributed by atoms with Gasteiger partial charge in [-0.3, -0.25) is 9.59 Å². The third-order valence-corrected chi connectivity index (χ3v) is 7.69. The summed E-state index contributed by atoms with van der Waals surface area (Å²) in [5.41, 5.74) is 1.24. The molecule has 1 fully saturated rings. The van der Waals surface area contributed by atoms with E-state index in [1.54, 1.807) is 13.0 Å². The average molecular weight is 503 g/mol. The van der Waals surface area contributed by atoms with Crippen molar-refractivity contribution in [3.8, 4) is 0 Å². The van der Waals surface area contributed by atoms with E-state index in [0.29, 0.717) is 25.8 Å². The van der Waals surface area contributed by atoms with Gasteiger partial charge in [0.25, 0.3) is 5.92 Å². The molecular formula is C29H37F3N2O2. The summed E-state index contributed by atoms with van der Waals surface area (Å²) in [6.07, 6.45) is 1.47. The highest BCUT2D eigenvalue weighted by Gasteiger charge is 2.63. The molecule has 0 unspecified atom stereocenters. The maximum Gasteiger partial charge on any atom is 0.251 e. The molecule has 2 aromatic carbocycles. The van der Waals surface area contributed by atoms with Gasteiger partial charge in [0.05, 0.1) is 5.56 Å². The molecule has 0 spiro atoms. The first-order valence-corrected chi connectivity index (χ1v) is 12.6. The van der Waals surface area contributed by atoms with Gasteiger partial charge in [-0.15, -0.1) is 0 Å². The van der Waals surface area contributed by atoms with Crippen molar-refractivity contribution in [1.29, 1.82) is 0 Å². The predicted molar refractivity (Wildman–Crippen MR) is 136 cm³/mol. The lowest BCUT2D eigenvalue weighted by Crippen LogP contribution is -2.43. The lowest BCUT2D eigenvalue weighted by atomic mass is 9.77. The first kappa shape index (κ1) is 27.9. The van der Waals surface area contributed by atoms with Crippen LogP contribution in [-0.2, 0) is 11.2 Å². The van der Waals surface area contributed by atoms with E-state index in [9.17, 15) is 22.8 Å². The van der Waals surface area contributed by atoms with Gasteiger partial charge in [-0.05, 0) is 76.0 Å². The molecule has 0 radical (unpaired) electrons. The Morgan fingerprint density at radius 1 is 1.14 bits per heavy atom. The first-order chi connectivity index (χ1) is 16.9. The van der Waals surface area contributed by atoms with Gasteiger partial charge in [0, 0.05) is 36.8 Å². The molecule has 0 heterocycles. The van der Waals surface area contributed by atoms with E-state index in [1.165, 1.54) is 6.07 Å². The average Bonchev–Trinajstić information content (AvgIpc) is 3.64. The van der Waals surface area contributed by atoms with Gasteiger partial charge in [-0.2, -0.15) is 0 Å². The minimum Gasteiger partial charge on any atom is -0.355 e. The highest BCUT2D eigenvalue weighted by molar-refractivity contribution is 5.96. The van der Waals surface area contributed by atoms with E-state index in [2.05, 4.69) is 5.32 Å². The quantitative estimate of drug-likeness (QED) is 0.366. The SMILES string of the molecule is CCC(=O)c1cc(C)c(C[C@@H](CNC(=O)C[C@H](c2ccccc2)C2(C(C)(F)F)CC2)N(C)C)cc1F. The molecule has 1 amide bonds. The van der Waals surface area contributed by atoms with Gasteiger partial charge >= 0.3 is 0 Å². The van der Waals surface area contributed by atoms with Crippen LogP contribution in [0.5, 0.6) is 0 Å². The molecule has 196 valence electrons. The number of hydrogen-bond donors (Lipinski definition) is 1. The number of hydrogen-bond acceptors (Lipinski definition) is 3. The number of amides is 1. The number of ketones is 1. The number of benzene rings is 2. The molecule has 0 bridgehead atoms. The van der Waals surface area contributed by atoms with Crippen LogP contribution in [-0.4, -0.2) is 49.2 Å². The van der Waals surface area contributed by atoms with Crippen molar-refractivity contribution in [1.82, 2.24) is 10.2 Å². The van der Waals surface area contributed by atoms with Crippen molar-refractivity contribution in [2.24, 2.45) is 5.41 Å². The summed E-state index contributed by atoms with van der Waals surface area (Å²) in [7, 11) is 3.75. The molecule has 0 aliphatic heterocycles. The molecule has 4 nitrogen and oxygen atoms in total. The summed E-state index contributed by atoms with van der Waals surface area (Å²) >= 11 is 0. The van der Waals surface area contributed by atoms with E-state index in [-0.39, 0.29) is 36.1 Å². The fourth-order valence-corrected chi connectivity index (χ4v) is 5.07. The van der Waals surface area contributed by atoms with Gasteiger partial charge < -0.3 is 10.2 Å². The molecule has 2 atom stereocenters. The fourth-order valence-electron chi connectivity index (χ4n) is 5.07. The standard InChI is InChI=1S/C29H37F3N2O2/c1-6-26(35)23-14-19(2)21(16-25(23)30)15-22(34(4)5)18-33-27(36)17-24(20-10-8-7-9-11-20)29(12-13-29)28(3,31)32/h7-11,14,16,22,24H,6,12-13,15,17-18H2,1-5H3,(H,33,36)/t22-,24+/m0/s1. The molecule has 1 saturated carbocycles. The third kappa shape index (κ3) is 6.17. The molecule has 7 heteroatoms. The minimum absolute atomic E-state index is 0.0188. The van der Waals surface area contributed by atoms with E-state index in [1.807, 2.05) is 56.3 Å². The van der Waals surface area contributed by atoms with Crippen LogP contribution in [0.4, 0.5) is 13.2 Å². The van der Waals surface area contributed by atoms with Crippen LogP contribution in [0.25, 0.3) is 0 Å². The minimum atomic E-state index is -2.88. The Balaban J connectivity index is 1.71. The highest BCUT2D eigenvalue weighted by Crippen LogP contribution is 2.65. The Kier molecular flexibility index (Phi) is 8.65. The zero-order chi connectivity index (χ0) is 26.7. The van der Waals surface area contributed by atoms with Crippen LogP contribution >= 0.6 is 0 Å². The molecular weight excluding hydrogens is 465 g/mol. The molecule has 2 aromatic rings. The fraction of sp³-hybridized carbons (Fsp3) is 0.517. The van der Waals surface area contributed by atoms with Crippen LogP contribution < -0.4 is 5.32 Å². The first-order valence-electron chi connectivity index (χ1n) is 12.6. The maximum absolute atomic E-state index is 14.6. The number of carbonyl (C=O) groups is 2. The molecule has 3 rings (SSSR count). The maximum atomic E-state index is 14.6.